The van der Waals surface area contributed by atoms with Gasteiger partial charge in [0.1, 0.15) is 0 Å². The van der Waals surface area contributed by atoms with Crippen LogP contribution < -0.4 is 10.6 Å². The van der Waals surface area contributed by atoms with Crippen molar-refractivity contribution in [2.45, 2.75) is 35.8 Å². The van der Waals surface area contributed by atoms with Crippen molar-refractivity contribution in [3.8, 4) is 0 Å². The second kappa shape index (κ2) is 7.99. The van der Waals surface area contributed by atoms with Crippen LogP contribution in [-0.2, 0) is 9.84 Å². The summed E-state index contributed by atoms with van der Waals surface area (Å²) in [6.45, 7) is 4.30. The summed E-state index contributed by atoms with van der Waals surface area (Å²) >= 11 is 1.92. The number of hydrogen-bond donors (Lipinski definition) is 2. The quantitative estimate of drug-likeness (QED) is 0.560. The predicted octanol–water partition coefficient (Wildman–Crippen LogP) is 2.30. The van der Waals surface area contributed by atoms with Crippen LogP contribution in [0.3, 0.4) is 0 Å². The molecule has 1 heterocycles. The summed E-state index contributed by atoms with van der Waals surface area (Å²) in [7, 11) is -2.82. The number of nitrogens with one attached hydrogen (secondary N) is 2. The third-order valence-corrected chi connectivity index (χ3v) is 7.95. The van der Waals surface area contributed by atoms with Crippen molar-refractivity contribution in [1.82, 2.24) is 10.6 Å². The minimum atomic E-state index is -2.82. The van der Waals surface area contributed by atoms with E-state index in [-0.39, 0.29) is 10.7 Å². The van der Waals surface area contributed by atoms with Crippen molar-refractivity contribution < 1.29 is 8.42 Å². The maximum atomic E-state index is 11.6. The molecule has 1 aromatic rings. The average Bonchev–Trinajstić information content (AvgIpc) is 3.26. The van der Waals surface area contributed by atoms with Crippen LogP contribution in [0.15, 0.2) is 40.2 Å². The highest BCUT2D eigenvalue weighted by Gasteiger charge is 2.43. The van der Waals surface area contributed by atoms with Gasteiger partial charge in [0, 0.05) is 22.7 Å². The molecular formula is C18H27N3O2S2. The SMILES string of the molecule is CCNC(=NCC1(Sc2ccccc2)CC1)NCC1CCS(=O)(=O)C1. The summed E-state index contributed by atoms with van der Waals surface area (Å²) < 4.78 is 23.4. The van der Waals surface area contributed by atoms with Gasteiger partial charge in [-0.3, -0.25) is 4.99 Å². The first kappa shape index (κ1) is 18.6. The Morgan fingerprint density at radius 2 is 2.04 bits per heavy atom. The third-order valence-electron chi connectivity index (χ3n) is 4.64. The third kappa shape index (κ3) is 5.64. The lowest BCUT2D eigenvalue weighted by atomic mass is 10.1. The number of thioether (sulfide) groups is 1. The van der Waals surface area contributed by atoms with Crippen LogP contribution in [0, 0.1) is 5.92 Å². The zero-order valence-electron chi connectivity index (χ0n) is 14.7. The van der Waals surface area contributed by atoms with E-state index in [1.807, 2.05) is 24.8 Å². The molecule has 7 heteroatoms. The highest BCUT2D eigenvalue weighted by Crippen LogP contribution is 2.51. The topological polar surface area (TPSA) is 70.6 Å². The molecule has 5 nitrogen and oxygen atoms in total. The first-order valence-electron chi connectivity index (χ1n) is 8.97. The van der Waals surface area contributed by atoms with Gasteiger partial charge in [0.2, 0.25) is 0 Å². The molecule has 1 aromatic carbocycles. The van der Waals surface area contributed by atoms with E-state index in [0.717, 1.165) is 25.5 Å². The fourth-order valence-electron chi connectivity index (χ4n) is 3.01. The van der Waals surface area contributed by atoms with Crippen LogP contribution in [0.4, 0.5) is 0 Å². The van der Waals surface area contributed by atoms with Gasteiger partial charge in [0.15, 0.2) is 15.8 Å². The molecule has 0 radical (unpaired) electrons. The Balaban J connectivity index is 1.53. The number of hydrogen-bond acceptors (Lipinski definition) is 4. The van der Waals surface area contributed by atoms with Crippen LogP contribution in [0.25, 0.3) is 0 Å². The second-order valence-electron chi connectivity index (χ2n) is 6.94. The van der Waals surface area contributed by atoms with E-state index in [4.69, 9.17) is 4.99 Å². The van der Waals surface area contributed by atoms with Crippen molar-refractivity contribution in [2.75, 3.05) is 31.1 Å². The van der Waals surface area contributed by atoms with E-state index in [1.54, 1.807) is 0 Å². The summed E-state index contributed by atoms with van der Waals surface area (Å²) in [4.78, 5) is 6.06. The van der Waals surface area contributed by atoms with E-state index < -0.39 is 9.84 Å². The molecule has 1 unspecified atom stereocenters. The van der Waals surface area contributed by atoms with Crippen LogP contribution in [-0.4, -0.2) is 50.3 Å². The molecule has 1 saturated heterocycles. The fraction of sp³-hybridized carbons (Fsp3) is 0.611. The Morgan fingerprint density at radius 3 is 2.64 bits per heavy atom. The summed E-state index contributed by atoms with van der Waals surface area (Å²) in [5, 5.41) is 6.60. The van der Waals surface area contributed by atoms with E-state index in [1.165, 1.54) is 17.7 Å². The maximum absolute atomic E-state index is 11.6. The van der Waals surface area contributed by atoms with Gasteiger partial charge in [0.25, 0.3) is 0 Å². The lowest BCUT2D eigenvalue weighted by molar-refractivity contribution is 0.567. The molecule has 2 N–H and O–H groups in total. The Labute approximate surface area is 155 Å². The smallest absolute Gasteiger partial charge is 0.191 e. The van der Waals surface area contributed by atoms with Crippen molar-refractivity contribution in [3.63, 3.8) is 0 Å². The highest BCUT2D eigenvalue weighted by molar-refractivity contribution is 8.01. The molecule has 1 atom stereocenters. The molecule has 25 heavy (non-hydrogen) atoms. The van der Waals surface area contributed by atoms with Gasteiger partial charge < -0.3 is 10.6 Å². The van der Waals surface area contributed by atoms with E-state index in [0.29, 0.717) is 18.1 Å². The Bertz CT molecular complexity index is 700. The summed E-state index contributed by atoms with van der Waals surface area (Å²) in [6, 6.07) is 10.5. The van der Waals surface area contributed by atoms with Crippen molar-refractivity contribution in [3.05, 3.63) is 30.3 Å². The summed E-state index contributed by atoms with van der Waals surface area (Å²) in [5.74, 6) is 1.62. The molecule has 0 amide bonds. The van der Waals surface area contributed by atoms with Gasteiger partial charge in [-0.25, -0.2) is 8.42 Å². The van der Waals surface area contributed by atoms with E-state index in [2.05, 4.69) is 34.9 Å². The molecule has 0 aromatic heterocycles. The maximum Gasteiger partial charge on any atom is 0.191 e. The lowest BCUT2D eigenvalue weighted by Crippen LogP contribution is -2.40. The molecule has 3 rings (SSSR count). The van der Waals surface area contributed by atoms with Crippen LogP contribution in [0.1, 0.15) is 26.2 Å². The lowest BCUT2D eigenvalue weighted by Gasteiger charge is -2.17. The summed E-state index contributed by atoms with van der Waals surface area (Å²) in [6.07, 6.45) is 3.13. The molecule has 138 valence electrons. The zero-order valence-corrected chi connectivity index (χ0v) is 16.3. The molecular weight excluding hydrogens is 354 g/mol. The average molecular weight is 382 g/mol. The Morgan fingerprint density at radius 1 is 1.28 bits per heavy atom. The number of benzene rings is 1. The first-order valence-corrected chi connectivity index (χ1v) is 11.6. The van der Waals surface area contributed by atoms with Crippen LogP contribution >= 0.6 is 11.8 Å². The highest BCUT2D eigenvalue weighted by atomic mass is 32.2. The van der Waals surface area contributed by atoms with Crippen molar-refractivity contribution >= 4 is 27.6 Å². The van der Waals surface area contributed by atoms with Crippen molar-refractivity contribution in [1.29, 1.82) is 0 Å². The standard InChI is InChI=1S/C18H27N3O2S2/c1-2-19-17(20-12-15-8-11-25(22,23)13-15)21-14-18(9-10-18)24-16-6-4-3-5-7-16/h3-7,15H,2,8-14H2,1H3,(H2,19,20,21). The fourth-order valence-corrected chi connectivity index (χ4v) is 6.10. The van der Waals surface area contributed by atoms with Gasteiger partial charge in [-0.05, 0) is 44.2 Å². The number of guanidine groups is 1. The number of nitrogens with zero attached hydrogens (tertiary/aromatic N) is 1. The molecule has 2 aliphatic rings. The zero-order chi connectivity index (χ0) is 17.8. The Kier molecular flexibility index (Phi) is 5.94. The largest absolute Gasteiger partial charge is 0.357 e. The van der Waals surface area contributed by atoms with Gasteiger partial charge in [-0.1, -0.05) is 18.2 Å². The molecule has 0 spiro atoms. The molecule has 2 fully saturated rings. The van der Waals surface area contributed by atoms with Gasteiger partial charge in [0.05, 0.1) is 18.1 Å². The second-order valence-corrected chi connectivity index (χ2v) is 10.7. The van der Waals surface area contributed by atoms with Crippen molar-refractivity contribution in [2.24, 2.45) is 10.9 Å². The minimum absolute atomic E-state index is 0.197. The number of rotatable bonds is 7. The van der Waals surface area contributed by atoms with Gasteiger partial charge >= 0.3 is 0 Å². The van der Waals surface area contributed by atoms with Gasteiger partial charge in [-0.15, -0.1) is 11.8 Å². The summed E-state index contributed by atoms with van der Waals surface area (Å²) in [5.41, 5.74) is 0. The van der Waals surface area contributed by atoms with Crippen LogP contribution in [0.5, 0.6) is 0 Å². The predicted molar refractivity (Wildman–Crippen MR) is 105 cm³/mol. The normalized spacial score (nSPS) is 24.0. The number of sulfone groups is 1. The minimum Gasteiger partial charge on any atom is -0.357 e. The first-order chi connectivity index (χ1) is 12.0. The monoisotopic (exact) mass is 381 g/mol. The van der Waals surface area contributed by atoms with E-state index >= 15 is 0 Å². The molecule has 1 saturated carbocycles. The Hall–Kier alpha value is -1.21. The molecule has 0 bridgehead atoms. The van der Waals surface area contributed by atoms with E-state index in [9.17, 15) is 8.42 Å². The molecule has 1 aliphatic carbocycles. The molecule has 1 aliphatic heterocycles. The number of aliphatic imine (C=N–C) groups is 1. The van der Waals surface area contributed by atoms with Crippen LogP contribution in [0.2, 0.25) is 0 Å². The van der Waals surface area contributed by atoms with Gasteiger partial charge in [-0.2, -0.15) is 0 Å².